The first-order valence-electron chi connectivity index (χ1n) is 7.56. The molecule has 0 aliphatic carbocycles. The van der Waals surface area contributed by atoms with Crippen LogP contribution in [0.15, 0.2) is 30.5 Å². The van der Waals surface area contributed by atoms with Crippen molar-refractivity contribution in [3.8, 4) is 0 Å². The number of hydrogen-bond acceptors (Lipinski definition) is 4. The second-order valence-electron chi connectivity index (χ2n) is 5.42. The highest BCUT2D eigenvalue weighted by Gasteiger charge is 2.30. The van der Waals surface area contributed by atoms with E-state index in [2.05, 4.69) is 10.4 Å². The normalized spacial score (nSPS) is 16.7. The number of benzene rings is 1. The van der Waals surface area contributed by atoms with Crippen LogP contribution in [-0.2, 0) is 23.1 Å². The molecule has 0 bridgehead atoms. The number of aryl methyl sites for hydroxylation is 1. The Morgan fingerprint density at radius 1 is 1.35 bits per heavy atom. The van der Waals surface area contributed by atoms with Gasteiger partial charge in [0.05, 0.1) is 23.7 Å². The second-order valence-corrected chi connectivity index (χ2v) is 7.44. The van der Waals surface area contributed by atoms with Crippen LogP contribution in [0.3, 0.4) is 0 Å². The predicted octanol–water partition coefficient (Wildman–Crippen LogP) is 2.19. The molecule has 0 amide bonds. The van der Waals surface area contributed by atoms with Gasteiger partial charge in [-0.15, -0.1) is 0 Å². The number of nitrogens with zero attached hydrogens (tertiary/aromatic N) is 3. The van der Waals surface area contributed by atoms with Gasteiger partial charge in [0.2, 0.25) is 10.0 Å². The highest BCUT2D eigenvalue weighted by molar-refractivity contribution is 7.93. The number of anilines is 2. The van der Waals surface area contributed by atoms with Crippen molar-refractivity contribution in [2.45, 2.75) is 26.4 Å². The fourth-order valence-corrected chi connectivity index (χ4v) is 4.15. The van der Waals surface area contributed by atoms with Crippen LogP contribution in [0, 0.1) is 5.82 Å². The number of aromatic nitrogens is 2. The zero-order valence-corrected chi connectivity index (χ0v) is 13.7. The lowest BCUT2D eigenvalue weighted by atomic mass is 10.2. The van der Waals surface area contributed by atoms with Crippen molar-refractivity contribution in [3.63, 3.8) is 0 Å². The summed E-state index contributed by atoms with van der Waals surface area (Å²) >= 11 is 0. The highest BCUT2D eigenvalue weighted by Crippen LogP contribution is 2.29. The molecule has 1 aliphatic heterocycles. The third-order valence-corrected chi connectivity index (χ3v) is 5.66. The van der Waals surface area contributed by atoms with Crippen LogP contribution in [0.25, 0.3) is 0 Å². The molecule has 0 saturated carbocycles. The Balaban J connectivity index is 1.77. The van der Waals surface area contributed by atoms with Crippen molar-refractivity contribution < 1.29 is 12.8 Å². The minimum atomic E-state index is -3.40. The van der Waals surface area contributed by atoms with E-state index >= 15 is 0 Å². The first-order chi connectivity index (χ1) is 11.0. The molecule has 23 heavy (non-hydrogen) atoms. The maximum atomic E-state index is 14.0. The lowest BCUT2D eigenvalue weighted by Crippen LogP contribution is -2.26. The van der Waals surface area contributed by atoms with E-state index in [1.807, 2.05) is 23.9 Å². The first-order valence-corrected chi connectivity index (χ1v) is 9.16. The molecular formula is C15H19FN4O2S. The molecule has 8 heteroatoms. The Hall–Kier alpha value is -2.09. The summed E-state index contributed by atoms with van der Waals surface area (Å²) < 4.78 is 40.9. The largest absolute Gasteiger partial charge is 0.379 e. The van der Waals surface area contributed by atoms with Crippen molar-refractivity contribution in [1.29, 1.82) is 0 Å². The molecule has 0 unspecified atom stereocenters. The first kappa shape index (κ1) is 15.8. The van der Waals surface area contributed by atoms with Gasteiger partial charge in [-0.2, -0.15) is 5.10 Å². The number of halogens is 1. The summed E-state index contributed by atoms with van der Waals surface area (Å²) in [7, 11) is -3.40. The smallest absolute Gasteiger partial charge is 0.235 e. The van der Waals surface area contributed by atoms with Crippen LogP contribution < -0.4 is 9.62 Å². The van der Waals surface area contributed by atoms with Crippen molar-refractivity contribution in [2.24, 2.45) is 0 Å². The van der Waals surface area contributed by atoms with Crippen LogP contribution in [0.5, 0.6) is 0 Å². The Morgan fingerprint density at radius 3 is 2.83 bits per heavy atom. The second kappa shape index (κ2) is 6.19. The number of sulfonamides is 1. The quantitative estimate of drug-likeness (QED) is 0.907. The summed E-state index contributed by atoms with van der Waals surface area (Å²) in [4.78, 5) is 0. The standard InChI is InChI=1S/C15H19FN4O2S/c1-2-19-8-6-13(18-19)11-17-12-4-5-14(16)15(10-12)20-7-3-9-23(20,21)22/h4-6,8,10,17H,2-3,7,9,11H2,1H3. The van der Waals surface area contributed by atoms with E-state index in [-0.39, 0.29) is 11.4 Å². The maximum absolute atomic E-state index is 14.0. The molecule has 0 atom stereocenters. The number of rotatable bonds is 5. The van der Waals surface area contributed by atoms with Crippen LogP contribution in [0.1, 0.15) is 19.0 Å². The minimum Gasteiger partial charge on any atom is -0.379 e. The molecule has 1 N–H and O–H groups in total. The molecule has 1 aliphatic rings. The fourth-order valence-electron chi connectivity index (χ4n) is 2.59. The Morgan fingerprint density at radius 2 is 2.17 bits per heavy atom. The van der Waals surface area contributed by atoms with E-state index in [1.165, 1.54) is 12.1 Å². The van der Waals surface area contributed by atoms with Gasteiger partial charge in [-0.3, -0.25) is 8.99 Å². The van der Waals surface area contributed by atoms with Crippen LogP contribution in [0.2, 0.25) is 0 Å². The van der Waals surface area contributed by atoms with Crippen molar-refractivity contribution in [2.75, 3.05) is 21.9 Å². The Kier molecular flexibility index (Phi) is 4.25. The van der Waals surface area contributed by atoms with Gasteiger partial charge in [0.1, 0.15) is 5.82 Å². The topological polar surface area (TPSA) is 67.2 Å². The van der Waals surface area contributed by atoms with Crippen LogP contribution >= 0.6 is 0 Å². The van der Waals surface area contributed by atoms with Crippen molar-refractivity contribution in [1.82, 2.24) is 9.78 Å². The van der Waals surface area contributed by atoms with Crippen molar-refractivity contribution >= 4 is 21.4 Å². The lowest BCUT2D eigenvalue weighted by molar-refractivity contribution is 0.595. The molecule has 1 aromatic heterocycles. The molecule has 1 saturated heterocycles. The Bertz CT molecular complexity index is 804. The van der Waals surface area contributed by atoms with E-state index in [4.69, 9.17) is 0 Å². The van der Waals surface area contributed by atoms with Crippen LogP contribution in [-0.4, -0.2) is 30.5 Å². The molecule has 0 radical (unpaired) electrons. The average molecular weight is 338 g/mol. The van der Waals surface area contributed by atoms with Gasteiger partial charge in [0.25, 0.3) is 0 Å². The third kappa shape index (κ3) is 3.31. The molecule has 124 valence electrons. The highest BCUT2D eigenvalue weighted by atomic mass is 32.2. The molecule has 6 nitrogen and oxygen atoms in total. The minimum absolute atomic E-state index is 0.0680. The monoisotopic (exact) mass is 338 g/mol. The van der Waals surface area contributed by atoms with Crippen LogP contribution in [0.4, 0.5) is 15.8 Å². The van der Waals surface area contributed by atoms with E-state index in [9.17, 15) is 12.8 Å². The average Bonchev–Trinajstić information content (AvgIpc) is 3.12. The summed E-state index contributed by atoms with van der Waals surface area (Å²) in [5.41, 5.74) is 1.63. The van der Waals surface area contributed by atoms with E-state index < -0.39 is 15.8 Å². The molecule has 1 aromatic carbocycles. The van der Waals surface area contributed by atoms with E-state index in [0.717, 1.165) is 16.5 Å². The summed E-state index contributed by atoms with van der Waals surface area (Å²) in [6.45, 7) is 3.62. The summed E-state index contributed by atoms with van der Waals surface area (Å²) in [6.07, 6.45) is 2.41. The number of nitrogens with one attached hydrogen (secondary N) is 1. The predicted molar refractivity (Wildman–Crippen MR) is 87.4 cm³/mol. The van der Waals surface area contributed by atoms with E-state index in [0.29, 0.717) is 25.2 Å². The lowest BCUT2D eigenvalue weighted by Gasteiger charge is -2.18. The number of hydrogen-bond donors (Lipinski definition) is 1. The summed E-state index contributed by atoms with van der Waals surface area (Å²) in [5, 5.41) is 7.51. The maximum Gasteiger partial charge on any atom is 0.235 e. The summed E-state index contributed by atoms with van der Waals surface area (Å²) in [5.74, 6) is -0.463. The SMILES string of the molecule is CCn1ccc(CNc2ccc(F)c(N3CCCS3(=O)=O)c2)n1. The Labute approximate surface area is 135 Å². The molecule has 0 spiro atoms. The van der Waals surface area contributed by atoms with Gasteiger partial charge < -0.3 is 5.32 Å². The van der Waals surface area contributed by atoms with Gasteiger partial charge in [-0.25, -0.2) is 12.8 Å². The van der Waals surface area contributed by atoms with E-state index in [1.54, 1.807) is 6.07 Å². The van der Waals surface area contributed by atoms with Gasteiger partial charge >= 0.3 is 0 Å². The molecule has 1 fully saturated rings. The third-order valence-electron chi connectivity index (χ3n) is 3.81. The van der Waals surface area contributed by atoms with Crippen molar-refractivity contribution in [3.05, 3.63) is 42.0 Å². The zero-order chi connectivity index (χ0) is 16.4. The molecule has 3 rings (SSSR count). The summed E-state index contributed by atoms with van der Waals surface area (Å²) in [6, 6.07) is 6.33. The molecule has 2 heterocycles. The van der Waals surface area contributed by atoms with Gasteiger partial charge in [0, 0.05) is 25.0 Å². The molecular weight excluding hydrogens is 319 g/mol. The zero-order valence-electron chi connectivity index (χ0n) is 12.9. The molecule has 2 aromatic rings. The van der Waals surface area contributed by atoms with Gasteiger partial charge in [-0.05, 0) is 37.6 Å². The van der Waals surface area contributed by atoms with Gasteiger partial charge in [0.15, 0.2) is 0 Å². The fraction of sp³-hybridized carbons (Fsp3) is 0.400. The van der Waals surface area contributed by atoms with Gasteiger partial charge in [-0.1, -0.05) is 0 Å².